The Bertz CT molecular complexity index is 803. The Morgan fingerprint density at radius 3 is 2.61 bits per heavy atom. The van der Waals surface area contributed by atoms with Crippen molar-refractivity contribution >= 4 is 23.2 Å². The first kappa shape index (κ1) is 15.9. The molecule has 2 N–H and O–H groups in total. The lowest BCUT2D eigenvalue weighted by atomic mass is 9.86. The standard InChI is InChI=1S/C14H14Cl2N6O/c1-22-8-18-13(21-22)6-14(23,5-12-17-7-19-20-12)10-3-2-9(15)4-11(10)16/h2-4,7-8,23H,5-6H2,1H3,(H,17,19,20). The zero-order valence-corrected chi connectivity index (χ0v) is 13.8. The van der Waals surface area contributed by atoms with Gasteiger partial charge in [0, 0.05) is 35.5 Å². The van der Waals surface area contributed by atoms with Crippen LogP contribution in [0.5, 0.6) is 0 Å². The SMILES string of the molecule is Cn1cnc(CC(O)(Cc2nc[nH]n2)c2ccc(Cl)cc2Cl)n1. The average Bonchev–Trinajstić information content (AvgIpc) is 3.10. The number of hydrogen-bond acceptors (Lipinski definition) is 5. The number of halogens is 2. The van der Waals surface area contributed by atoms with Crippen molar-refractivity contribution < 1.29 is 5.11 Å². The van der Waals surface area contributed by atoms with Crippen molar-refractivity contribution in [1.82, 2.24) is 29.9 Å². The Labute approximate surface area is 142 Å². The van der Waals surface area contributed by atoms with Crippen LogP contribution in [0, 0.1) is 0 Å². The number of aromatic nitrogens is 6. The smallest absolute Gasteiger partial charge is 0.153 e. The molecule has 0 aliphatic carbocycles. The summed E-state index contributed by atoms with van der Waals surface area (Å²) in [5.74, 6) is 0.964. The molecule has 3 rings (SSSR count). The molecule has 0 aliphatic heterocycles. The highest BCUT2D eigenvalue weighted by Gasteiger charge is 2.35. The largest absolute Gasteiger partial charge is 0.384 e. The van der Waals surface area contributed by atoms with E-state index >= 15 is 0 Å². The number of H-pyrrole nitrogens is 1. The van der Waals surface area contributed by atoms with Crippen molar-refractivity contribution in [3.63, 3.8) is 0 Å². The predicted octanol–water partition coefficient (Wildman–Crippen LogP) is 1.91. The first-order valence-electron chi connectivity index (χ1n) is 6.83. The fraction of sp³-hybridized carbons (Fsp3) is 0.286. The van der Waals surface area contributed by atoms with Crippen LogP contribution in [-0.2, 0) is 25.5 Å². The zero-order valence-electron chi connectivity index (χ0n) is 12.2. The molecule has 0 amide bonds. The third kappa shape index (κ3) is 3.52. The summed E-state index contributed by atoms with van der Waals surface area (Å²) in [5.41, 5.74) is -0.827. The molecule has 0 saturated carbocycles. The van der Waals surface area contributed by atoms with Crippen LogP contribution < -0.4 is 0 Å². The zero-order chi connectivity index (χ0) is 16.4. The van der Waals surface area contributed by atoms with Crippen LogP contribution in [0.2, 0.25) is 10.0 Å². The van der Waals surface area contributed by atoms with Gasteiger partial charge in [-0.25, -0.2) is 9.97 Å². The minimum absolute atomic E-state index is 0.163. The first-order valence-corrected chi connectivity index (χ1v) is 7.59. The van der Waals surface area contributed by atoms with E-state index in [1.54, 1.807) is 36.3 Å². The number of benzene rings is 1. The molecule has 3 aromatic rings. The molecule has 1 unspecified atom stereocenters. The van der Waals surface area contributed by atoms with Crippen LogP contribution >= 0.6 is 23.2 Å². The Morgan fingerprint density at radius 1 is 1.22 bits per heavy atom. The maximum absolute atomic E-state index is 11.3. The van der Waals surface area contributed by atoms with Gasteiger partial charge < -0.3 is 5.11 Å². The van der Waals surface area contributed by atoms with Gasteiger partial charge in [-0.3, -0.25) is 9.78 Å². The lowest BCUT2D eigenvalue weighted by Gasteiger charge is -2.27. The molecule has 0 saturated heterocycles. The van der Waals surface area contributed by atoms with Crippen molar-refractivity contribution in [2.45, 2.75) is 18.4 Å². The summed E-state index contributed by atoms with van der Waals surface area (Å²) >= 11 is 12.2. The van der Waals surface area contributed by atoms with Crippen molar-refractivity contribution in [1.29, 1.82) is 0 Å². The molecule has 7 nitrogen and oxygen atoms in total. The van der Waals surface area contributed by atoms with E-state index in [4.69, 9.17) is 23.2 Å². The van der Waals surface area contributed by atoms with Crippen LogP contribution in [0.15, 0.2) is 30.9 Å². The summed E-state index contributed by atoms with van der Waals surface area (Å²) in [6.07, 6.45) is 3.37. The van der Waals surface area contributed by atoms with E-state index in [2.05, 4.69) is 25.3 Å². The van der Waals surface area contributed by atoms with Gasteiger partial charge in [0.2, 0.25) is 0 Å². The molecule has 23 heavy (non-hydrogen) atoms. The topological polar surface area (TPSA) is 92.5 Å². The van der Waals surface area contributed by atoms with Crippen LogP contribution in [0.1, 0.15) is 17.2 Å². The molecule has 0 radical (unpaired) electrons. The van der Waals surface area contributed by atoms with Gasteiger partial charge in [-0.15, -0.1) is 0 Å². The highest BCUT2D eigenvalue weighted by atomic mass is 35.5. The van der Waals surface area contributed by atoms with Gasteiger partial charge in [0.15, 0.2) is 11.6 Å². The molecule has 120 valence electrons. The molecule has 0 aliphatic rings. The molecule has 0 spiro atoms. The van der Waals surface area contributed by atoms with Gasteiger partial charge in [-0.1, -0.05) is 29.3 Å². The van der Waals surface area contributed by atoms with Gasteiger partial charge in [-0.05, 0) is 12.1 Å². The lowest BCUT2D eigenvalue weighted by Crippen LogP contribution is -2.33. The maximum atomic E-state index is 11.3. The summed E-state index contributed by atoms with van der Waals surface area (Å²) in [4.78, 5) is 8.26. The fourth-order valence-corrected chi connectivity index (χ4v) is 3.01. The van der Waals surface area contributed by atoms with Crippen LogP contribution in [0.25, 0.3) is 0 Å². The van der Waals surface area contributed by atoms with Crippen molar-refractivity contribution in [2.75, 3.05) is 0 Å². The second-order valence-corrected chi connectivity index (χ2v) is 6.10. The fourth-order valence-electron chi connectivity index (χ4n) is 2.43. The minimum atomic E-state index is -1.36. The third-order valence-electron chi connectivity index (χ3n) is 3.45. The normalized spacial score (nSPS) is 13.9. The number of nitrogens with zero attached hydrogens (tertiary/aromatic N) is 5. The van der Waals surface area contributed by atoms with E-state index in [0.717, 1.165) is 0 Å². The van der Waals surface area contributed by atoms with Gasteiger partial charge >= 0.3 is 0 Å². The Morgan fingerprint density at radius 2 is 2.00 bits per heavy atom. The van der Waals surface area contributed by atoms with E-state index in [1.807, 2.05) is 0 Å². The Hall–Kier alpha value is -1.96. The van der Waals surface area contributed by atoms with Gasteiger partial charge in [0.1, 0.15) is 18.3 Å². The molecule has 0 fully saturated rings. The quantitative estimate of drug-likeness (QED) is 0.731. The second-order valence-electron chi connectivity index (χ2n) is 5.26. The lowest BCUT2D eigenvalue weighted by molar-refractivity contribution is 0.0332. The van der Waals surface area contributed by atoms with Crippen LogP contribution in [0.4, 0.5) is 0 Å². The highest BCUT2D eigenvalue weighted by molar-refractivity contribution is 6.35. The third-order valence-corrected chi connectivity index (χ3v) is 3.99. The summed E-state index contributed by atoms with van der Waals surface area (Å²) in [6.45, 7) is 0. The molecule has 1 aromatic carbocycles. The molecule has 9 heteroatoms. The number of aliphatic hydroxyl groups is 1. The maximum Gasteiger partial charge on any atom is 0.153 e. The van der Waals surface area contributed by atoms with Gasteiger partial charge in [-0.2, -0.15) is 10.2 Å². The number of aryl methyl sites for hydroxylation is 1. The molecule has 2 aromatic heterocycles. The van der Waals surface area contributed by atoms with Crippen LogP contribution in [-0.4, -0.2) is 35.1 Å². The Kier molecular flexibility index (Phi) is 4.34. The summed E-state index contributed by atoms with van der Waals surface area (Å²) in [5, 5.41) is 23.0. The molecular formula is C14H14Cl2N6O. The molecule has 0 bridgehead atoms. The molecule has 2 heterocycles. The van der Waals surface area contributed by atoms with E-state index < -0.39 is 5.60 Å². The summed E-state index contributed by atoms with van der Waals surface area (Å²) in [7, 11) is 1.76. The van der Waals surface area contributed by atoms with E-state index in [-0.39, 0.29) is 12.8 Å². The van der Waals surface area contributed by atoms with E-state index in [0.29, 0.717) is 27.3 Å². The first-order chi connectivity index (χ1) is 11.0. The van der Waals surface area contributed by atoms with Gasteiger partial charge in [0.25, 0.3) is 0 Å². The Balaban J connectivity index is 2.01. The number of rotatable bonds is 5. The number of nitrogens with one attached hydrogen (secondary N) is 1. The molecule has 1 atom stereocenters. The summed E-state index contributed by atoms with van der Waals surface area (Å²) < 4.78 is 1.58. The average molecular weight is 353 g/mol. The second kappa shape index (κ2) is 6.27. The predicted molar refractivity (Wildman–Crippen MR) is 85.2 cm³/mol. The molecular weight excluding hydrogens is 339 g/mol. The van der Waals surface area contributed by atoms with E-state index in [1.165, 1.54) is 6.33 Å². The van der Waals surface area contributed by atoms with Crippen LogP contribution in [0.3, 0.4) is 0 Å². The van der Waals surface area contributed by atoms with E-state index in [9.17, 15) is 5.11 Å². The monoisotopic (exact) mass is 352 g/mol. The van der Waals surface area contributed by atoms with Crippen molar-refractivity contribution in [3.8, 4) is 0 Å². The van der Waals surface area contributed by atoms with Crippen molar-refractivity contribution in [2.24, 2.45) is 7.05 Å². The highest BCUT2D eigenvalue weighted by Crippen LogP contribution is 2.34. The van der Waals surface area contributed by atoms with Crippen molar-refractivity contribution in [3.05, 3.63) is 58.1 Å². The van der Waals surface area contributed by atoms with Gasteiger partial charge in [0.05, 0.1) is 0 Å². The number of aromatic amines is 1. The summed E-state index contributed by atoms with van der Waals surface area (Å²) in [6, 6.07) is 4.96. The minimum Gasteiger partial charge on any atom is -0.384 e. The number of hydrogen-bond donors (Lipinski definition) is 2.